The fourth-order valence-electron chi connectivity index (χ4n) is 2.44. The maximum atomic E-state index is 12.4. The Kier molecular flexibility index (Phi) is 5.31. The van der Waals surface area contributed by atoms with Crippen LogP contribution in [0.2, 0.25) is 0 Å². The minimum Gasteiger partial charge on any atom is -0.494 e. The van der Waals surface area contributed by atoms with Gasteiger partial charge in [0.15, 0.2) is 0 Å². The highest BCUT2D eigenvalue weighted by molar-refractivity contribution is 5.94. The molecule has 0 fully saturated rings. The number of nitrogens with one attached hydrogen (secondary N) is 1. The Bertz CT molecular complexity index is 870. The summed E-state index contributed by atoms with van der Waals surface area (Å²) in [7, 11) is 0. The quantitative estimate of drug-likeness (QED) is 0.728. The first-order chi connectivity index (χ1) is 12.6. The molecule has 0 aliphatic rings. The maximum Gasteiger partial charge on any atom is 0.251 e. The molecule has 134 valence electrons. The number of rotatable bonds is 6. The largest absolute Gasteiger partial charge is 0.494 e. The van der Waals surface area contributed by atoms with Gasteiger partial charge in [-0.3, -0.25) is 4.79 Å². The molecule has 3 aromatic rings. The number of hydrogen-bond donors (Lipinski definition) is 1. The maximum absolute atomic E-state index is 12.4. The van der Waals surface area contributed by atoms with Gasteiger partial charge in [-0.1, -0.05) is 35.0 Å². The van der Waals surface area contributed by atoms with Gasteiger partial charge >= 0.3 is 0 Å². The number of nitrogens with zero attached hydrogens (tertiary/aromatic N) is 2. The van der Waals surface area contributed by atoms with Crippen molar-refractivity contribution in [2.24, 2.45) is 0 Å². The summed E-state index contributed by atoms with van der Waals surface area (Å²) in [6.45, 7) is 6.32. The molecule has 6 heteroatoms. The van der Waals surface area contributed by atoms with Crippen molar-refractivity contribution in [3.8, 4) is 17.1 Å². The summed E-state index contributed by atoms with van der Waals surface area (Å²) in [5.74, 6) is 1.38. The number of aromatic nitrogens is 2. The highest BCUT2D eigenvalue weighted by Crippen LogP contribution is 2.19. The Morgan fingerprint density at radius 3 is 2.50 bits per heavy atom. The van der Waals surface area contributed by atoms with Crippen molar-refractivity contribution in [3.05, 3.63) is 65.5 Å². The van der Waals surface area contributed by atoms with Crippen molar-refractivity contribution in [2.75, 3.05) is 6.61 Å². The van der Waals surface area contributed by atoms with Gasteiger partial charge in [0, 0.05) is 11.1 Å². The lowest BCUT2D eigenvalue weighted by atomic mass is 10.1. The second kappa shape index (κ2) is 7.82. The van der Waals surface area contributed by atoms with E-state index in [0.29, 0.717) is 23.9 Å². The first-order valence-corrected chi connectivity index (χ1v) is 8.51. The molecule has 0 saturated carbocycles. The Morgan fingerprint density at radius 2 is 1.85 bits per heavy atom. The Hall–Kier alpha value is -3.15. The van der Waals surface area contributed by atoms with Crippen LogP contribution in [-0.4, -0.2) is 22.7 Å². The zero-order chi connectivity index (χ0) is 18.5. The van der Waals surface area contributed by atoms with Gasteiger partial charge in [-0.25, -0.2) is 0 Å². The minimum atomic E-state index is -0.402. The van der Waals surface area contributed by atoms with Crippen LogP contribution in [-0.2, 0) is 0 Å². The first-order valence-electron chi connectivity index (χ1n) is 8.51. The molecule has 3 rings (SSSR count). The lowest BCUT2D eigenvalue weighted by Crippen LogP contribution is -2.26. The number of carbonyl (C=O) groups excluding carboxylic acids is 1. The zero-order valence-corrected chi connectivity index (χ0v) is 15.0. The second-order valence-corrected chi connectivity index (χ2v) is 5.97. The van der Waals surface area contributed by atoms with Crippen LogP contribution in [0.5, 0.6) is 5.75 Å². The molecular formula is C20H21N3O3. The highest BCUT2D eigenvalue weighted by Gasteiger charge is 2.18. The average Bonchev–Trinajstić information content (AvgIpc) is 3.13. The van der Waals surface area contributed by atoms with E-state index >= 15 is 0 Å². The summed E-state index contributed by atoms with van der Waals surface area (Å²) in [5.41, 5.74) is 2.57. The third-order valence-corrected chi connectivity index (χ3v) is 3.90. The smallest absolute Gasteiger partial charge is 0.251 e. The molecular weight excluding hydrogens is 330 g/mol. The van der Waals surface area contributed by atoms with Crippen LogP contribution >= 0.6 is 0 Å². The van der Waals surface area contributed by atoms with E-state index in [2.05, 4.69) is 15.5 Å². The van der Waals surface area contributed by atoms with E-state index in [0.717, 1.165) is 16.9 Å². The molecule has 0 spiro atoms. The molecule has 0 bridgehead atoms. The molecule has 0 saturated heterocycles. The molecule has 1 amide bonds. The Morgan fingerprint density at radius 1 is 1.15 bits per heavy atom. The van der Waals surface area contributed by atoms with Crippen molar-refractivity contribution >= 4 is 5.91 Å². The standard InChI is InChI=1S/C20H21N3O3/c1-4-25-17-11-9-16(10-12-17)19(24)21-14(3)20-22-18(23-26-20)15-7-5-13(2)6-8-15/h5-12,14H,4H2,1-3H3,(H,21,24)/t14-/m0/s1. The molecule has 26 heavy (non-hydrogen) atoms. The van der Waals surface area contributed by atoms with Crippen LogP contribution in [0.1, 0.15) is 41.7 Å². The summed E-state index contributed by atoms with van der Waals surface area (Å²) in [4.78, 5) is 16.8. The van der Waals surface area contributed by atoms with Gasteiger partial charge in [0.25, 0.3) is 5.91 Å². The lowest BCUT2D eigenvalue weighted by Gasteiger charge is -2.10. The zero-order valence-electron chi connectivity index (χ0n) is 15.0. The van der Waals surface area contributed by atoms with Gasteiger partial charge in [-0.2, -0.15) is 4.98 Å². The van der Waals surface area contributed by atoms with Crippen molar-refractivity contribution in [3.63, 3.8) is 0 Å². The third kappa shape index (κ3) is 4.08. The predicted molar refractivity (Wildman–Crippen MR) is 98.0 cm³/mol. The molecule has 1 heterocycles. The van der Waals surface area contributed by atoms with Gasteiger partial charge < -0.3 is 14.6 Å². The van der Waals surface area contributed by atoms with Gasteiger partial charge in [-0.15, -0.1) is 0 Å². The van der Waals surface area contributed by atoms with Crippen LogP contribution in [0, 0.1) is 6.92 Å². The monoisotopic (exact) mass is 351 g/mol. The van der Waals surface area contributed by atoms with E-state index in [1.807, 2.05) is 38.1 Å². The van der Waals surface area contributed by atoms with Gasteiger partial charge in [0.05, 0.1) is 6.61 Å². The highest BCUT2D eigenvalue weighted by atomic mass is 16.5. The molecule has 1 aromatic heterocycles. The molecule has 0 unspecified atom stereocenters. The van der Waals surface area contributed by atoms with Crippen LogP contribution in [0.3, 0.4) is 0 Å². The molecule has 0 aliphatic carbocycles. The topological polar surface area (TPSA) is 77.2 Å². The molecule has 0 radical (unpaired) electrons. The van der Waals surface area contributed by atoms with Gasteiger partial charge in [-0.05, 0) is 45.0 Å². The fraction of sp³-hybridized carbons (Fsp3) is 0.250. The number of ether oxygens (including phenoxy) is 1. The van der Waals surface area contributed by atoms with Crippen LogP contribution in [0.15, 0.2) is 53.1 Å². The Labute approximate surface area is 152 Å². The summed E-state index contributed by atoms with van der Waals surface area (Å²) >= 11 is 0. The molecule has 1 atom stereocenters. The van der Waals surface area contributed by atoms with E-state index < -0.39 is 6.04 Å². The van der Waals surface area contributed by atoms with E-state index in [-0.39, 0.29) is 5.91 Å². The number of amides is 1. The Balaban J connectivity index is 1.67. The summed E-state index contributed by atoms with van der Waals surface area (Å²) in [5, 5.41) is 6.86. The number of aryl methyl sites for hydroxylation is 1. The van der Waals surface area contributed by atoms with E-state index in [1.54, 1.807) is 31.2 Å². The SMILES string of the molecule is CCOc1ccc(C(=O)N[C@@H](C)c2nc(-c3ccc(C)cc3)no2)cc1. The van der Waals surface area contributed by atoms with Crippen molar-refractivity contribution < 1.29 is 14.1 Å². The minimum absolute atomic E-state index is 0.212. The summed E-state index contributed by atoms with van der Waals surface area (Å²) < 4.78 is 10.7. The van der Waals surface area contributed by atoms with Crippen molar-refractivity contribution in [1.29, 1.82) is 0 Å². The first kappa shape index (κ1) is 17.7. The second-order valence-electron chi connectivity index (χ2n) is 5.97. The number of carbonyl (C=O) groups is 1. The molecule has 2 aromatic carbocycles. The van der Waals surface area contributed by atoms with E-state index in [9.17, 15) is 4.79 Å². The van der Waals surface area contributed by atoms with Crippen LogP contribution < -0.4 is 10.1 Å². The molecule has 0 aliphatic heterocycles. The van der Waals surface area contributed by atoms with E-state index in [1.165, 1.54) is 0 Å². The van der Waals surface area contributed by atoms with Crippen molar-refractivity contribution in [1.82, 2.24) is 15.5 Å². The van der Waals surface area contributed by atoms with Crippen molar-refractivity contribution in [2.45, 2.75) is 26.8 Å². The van der Waals surface area contributed by atoms with Crippen LogP contribution in [0.25, 0.3) is 11.4 Å². The van der Waals surface area contributed by atoms with Gasteiger partial charge in [0.1, 0.15) is 11.8 Å². The number of hydrogen-bond acceptors (Lipinski definition) is 5. The lowest BCUT2D eigenvalue weighted by molar-refractivity contribution is 0.0932. The number of benzene rings is 2. The average molecular weight is 351 g/mol. The third-order valence-electron chi connectivity index (χ3n) is 3.90. The fourth-order valence-corrected chi connectivity index (χ4v) is 2.44. The molecule has 1 N–H and O–H groups in total. The van der Waals surface area contributed by atoms with Crippen LogP contribution in [0.4, 0.5) is 0 Å². The molecule has 6 nitrogen and oxygen atoms in total. The van der Waals surface area contributed by atoms with E-state index in [4.69, 9.17) is 9.26 Å². The normalized spacial score (nSPS) is 11.8. The summed E-state index contributed by atoms with van der Waals surface area (Å²) in [6.07, 6.45) is 0. The predicted octanol–water partition coefficient (Wildman–Crippen LogP) is 3.93. The summed E-state index contributed by atoms with van der Waals surface area (Å²) in [6, 6.07) is 14.4. The van der Waals surface area contributed by atoms with Gasteiger partial charge in [0.2, 0.25) is 11.7 Å².